The van der Waals surface area contributed by atoms with Crippen LogP contribution in [0.5, 0.6) is 0 Å². The zero-order chi connectivity index (χ0) is 29.8. The van der Waals surface area contributed by atoms with E-state index in [1.165, 1.54) is 17.8 Å². The van der Waals surface area contributed by atoms with Crippen LogP contribution in [0.2, 0.25) is 5.02 Å². The van der Waals surface area contributed by atoms with Crippen molar-refractivity contribution in [1.29, 1.82) is 0 Å². The lowest BCUT2D eigenvalue weighted by Crippen LogP contribution is -2.57. The normalized spacial score (nSPS) is 22.2. The van der Waals surface area contributed by atoms with Crippen molar-refractivity contribution in [1.82, 2.24) is 15.0 Å². The van der Waals surface area contributed by atoms with Crippen LogP contribution < -0.4 is 0 Å². The molecule has 0 radical (unpaired) electrons. The fourth-order valence-electron chi connectivity index (χ4n) is 4.20. The van der Waals surface area contributed by atoms with E-state index >= 15 is 0 Å². The van der Waals surface area contributed by atoms with E-state index in [2.05, 4.69) is 10.3 Å². The summed E-state index contributed by atoms with van der Waals surface area (Å²) in [6.45, 7) is 3.13. The van der Waals surface area contributed by atoms with Crippen molar-refractivity contribution in [3.8, 4) is 11.3 Å². The van der Waals surface area contributed by atoms with Crippen LogP contribution in [0.15, 0.2) is 47.5 Å². The lowest BCUT2D eigenvalue weighted by Gasteiger charge is -2.44. The molecular weight excluding hydrogens is 591 g/mol. The Bertz CT molecular complexity index is 1440. The summed E-state index contributed by atoms with van der Waals surface area (Å²) in [5.74, 6) is -6.60. The van der Waals surface area contributed by atoms with Gasteiger partial charge >= 0.3 is 17.9 Å². The van der Waals surface area contributed by atoms with E-state index in [1.54, 1.807) is 24.3 Å². The van der Waals surface area contributed by atoms with E-state index < -0.39 is 65.1 Å². The van der Waals surface area contributed by atoms with E-state index in [-0.39, 0.29) is 17.9 Å². The second kappa shape index (κ2) is 12.9. The first-order chi connectivity index (χ1) is 19.4. The first kappa shape index (κ1) is 30.3. The minimum absolute atomic E-state index is 0.0655. The van der Waals surface area contributed by atoms with Crippen LogP contribution in [0, 0.1) is 17.5 Å². The highest BCUT2D eigenvalue weighted by Crippen LogP contribution is 2.43. The maximum atomic E-state index is 13.9. The molecule has 1 aromatic heterocycles. The Morgan fingerprint density at radius 3 is 2.24 bits per heavy atom. The van der Waals surface area contributed by atoms with Gasteiger partial charge in [-0.1, -0.05) is 40.7 Å². The molecule has 1 saturated heterocycles. The number of benzene rings is 2. The molecule has 2 aromatic carbocycles. The van der Waals surface area contributed by atoms with Crippen molar-refractivity contribution >= 4 is 41.3 Å². The summed E-state index contributed by atoms with van der Waals surface area (Å²) in [5.41, 5.74) is -1.21. The first-order valence-electron chi connectivity index (χ1n) is 12.1. The number of hydrogen-bond donors (Lipinski definition) is 0. The Kier molecular flexibility index (Phi) is 9.56. The summed E-state index contributed by atoms with van der Waals surface area (Å²) >= 11 is 7.45. The van der Waals surface area contributed by atoms with Gasteiger partial charge in [0.15, 0.2) is 29.7 Å². The van der Waals surface area contributed by atoms with E-state index in [0.29, 0.717) is 9.92 Å². The number of ether oxygens (including phenoxy) is 4. The Morgan fingerprint density at radius 1 is 1.00 bits per heavy atom. The van der Waals surface area contributed by atoms with Crippen molar-refractivity contribution in [3.05, 3.63) is 65.1 Å². The third kappa shape index (κ3) is 7.18. The number of rotatable bonds is 8. The third-order valence-corrected chi connectivity index (χ3v) is 7.51. The number of hydrogen-bond acceptors (Lipinski definition) is 10. The smallest absolute Gasteiger partial charge is 0.303 e. The van der Waals surface area contributed by atoms with Crippen LogP contribution in [0.3, 0.4) is 0 Å². The molecule has 15 heteroatoms. The van der Waals surface area contributed by atoms with Gasteiger partial charge in [0.1, 0.15) is 29.9 Å². The van der Waals surface area contributed by atoms with Gasteiger partial charge in [0.05, 0.1) is 11.2 Å². The van der Waals surface area contributed by atoms with Crippen LogP contribution in [-0.2, 0) is 33.3 Å². The summed E-state index contributed by atoms with van der Waals surface area (Å²) in [7, 11) is 0. The van der Waals surface area contributed by atoms with Gasteiger partial charge in [0.2, 0.25) is 0 Å². The predicted octanol–water partition coefficient (Wildman–Crippen LogP) is 4.50. The van der Waals surface area contributed by atoms with Gasteiger partial charge in [0, 0.05) is 31.2 Å². The number of carbonyl (C=O) groups excluding carboxylic acids is 3. The molecule has 218 valence electrons. The Morgan fingerprint density at radius 2 is 1.63 bits per heavy atom. The Labute approximate surface area is 241 Å². The number of carbonyl (C=O) groups is 3. The van der Waals surface area contributed by atoms with E-state index in [0.717, 1.165) is 37.7 Å². The molecule has 41 heavy (non-hydrogen) atoms. The molecule has 0 bridgehead atoms. The topological polar surface area (TPSA) is 119 Å². The van der Waals surface area contributed by atoms with Gasteiger partial charge in [-0.15, -0.1) is 5.10 Å². The van der Waals surface area contributed by atoms with Crippen molar-refractivity contribution in [3.63, 3.8) is 0 Å². The summed E-state index contributed by atoms with van der Waals surface area (Å²) < 4.78 is 65.2. The van der Waals surface area contributed by atoms with Gasteiger partial charge in [0.25, 0.3) is 0 Å². The minimum Gasteiger partial charge on any atom is -0.463 e. The fourth-order valence-corrected chi connectivity index (χ4v) is 5.61. The van der Waals surface area contributed by atoms with Crippen molar-refractivity contribution < 1.29 is 46.5 Å². The number of halogens is 4. The van der Waals surface area contributed by atoms with Crippen LogP contribution >= 0.6 is 23.4 Å². The molecule has 4 rings (SSSR count). The molecule has 3 aromatic rings. The molecule has 0 spiro atoms. The second-order valence-corrected chi connectivity index (χ2v) is 10.4. The lowest BCUT2D eigenvalue weighted by molar-refractivity contribution is -0.212. The largest absolute Gasteiger partial charge is 0.463 e. The van der Waals surface area contributed by atoms with E-state index in [4.69, 9.17) is 30.5 Å². The minimum atomic E-state index is -1.65. The number of esters is 3. The average Bonchev–Trinajstić information content (AvgIpc) is 3.38. The molecule has 2 unspecified atom stereocenters. The van der Waals surface area contributed by atoms with Gasteiger partial charge in [-0.3, -0.25) is 14.4 Å². The molecule has 1 aliphatic heterocycles. The zero-order valence-corrected chi connectivity index (χ0v) is 23.3. The van der Waals surface area contributed by atoms with Crippen LogP contribution in [0.4, 0.5) is 13.2 Å². The molecule has 10 nitrogen and oxygen atoms in total. The second-order valence-electron chi connectivity index (χ2n) is 8.87. The third-order valence-electron chi connectivity index (χ3n) is 5.85. The summed E-state index contributed by atoms with van der Waals surface area (Å²) in [4.78, 5) is 36.6. The number of nitrogens with zero attached hydrogens (tertiary/aromatic N) is 3. The summed E-state index contributed by atoms with van der Waals surface area (Å²) in [6.07, 6.45) is -2.29. The number of thioether (sulfide) groups is 1. The van der Waals surface area contributed by atoms with Crippen LogP contribution in [-0.4, -0.2) is 63.3 Å². The highest BCUT2D eigenvalue weighted by molar-refractivity contribution is 8.00. The van der Waals surface area contributed by atoms with E-state index in [1.807, 2.05) is 0 Å². The first-order valence-corrected chi connectivity index (χ1v) is 13.3. The molecule has 2 heterocycles. The highest BCUT2D eigenvalue weighted by Gasteiger charge is 2.52. The fraction of sp³-hybridized carbons (Fsp3) is 0.346. The molecule has 1 aliphatic rings. The predicted molar refractivity (Wildman–Crippen MR) is 138 cm³/mol. The SMILES string of the molecule is CC(=O)OCC1O[C@H](Sc2ccccc2Cl)[C@@H](OC(C)=O)C(n2cc(-c3cc(F)c(F)c(F)c3)nn2)[C@H]1OC(C)=O. The Hall–Kier alpha value is -3.62. The van der Waals surface area contributed by atoms with Gasteiger partial charge in [-0.05, 0) is 24.3 Å². The maximum absolute atomic E-state index is 13.9. The van der Waals surface area contributed by atoms with Crippen molar-refractivity contribution in [2.45, 2.75) is 55.5 Å². The number of aromatic nitrogens is 3. The molecule has 1 fully saturated rings. The standard InChI is InChI=1S/C26H23ClF3N3O7S/c1-12(34)37-11-20-24(38-13(2)35)23(33-10-19(31-32-33)15-8-17(28)22(30)18(29)9-15)25(39-14(3)36)26(40-20)41-21-7-5-4-6-16(21)27/h4-10,20,23-26H,11H2,1-3H3/t20?,23?,24-,25-,26+/m0/s1. The maximum Gasteiger partial charge on any atom is 0.303 e. The van der Waals surface area contributed by atoms with Gasteiger partial charge in [-0.25, -0.2) is 17.9 Å². The van der Waals surface area contributed by atoms with Crippen molar-refractivity contribution in [2.75, 3.05) is 6.61 Å². The molecule has 0 saturated carbocycles. The Balaban J connectivity index is 1.82. The van der Waals surface area contributed by atoms with Crippen LogP contribution in [0.25, 0.3) is 11.3 Å². The lowest BCUT2D eigenvalue weighted by atomic mass is 9.96. The average molecular weight is 614 g/mol. The molecule has 0 amide bonds. The molecular formula is C26H23ClF3N3O7S. The van der Waals surface area contributed by atoms with Crippen molar-refractivity contribution in [2.24, 2.45) is 0 Å². The monoisotopic (exact) mass is 613 g/mol. The summed E-state index contributed by atoms with van der Waals surface area (Å²) in [5, 5.41) is 8.37. The van der Waals surface area contributed by atoms with Crippen LogP contribution in [0.1, 0.15) is 26.8 Å². The van der Waals surface area contributed by atoms with Gasteiger partial charge in [-0.2, -0.15) is 0 Å². The summed E-state index contributed by atoms with van der Waals surface area (Å²) in [6, 6.07) is 7.14. The zero-order valence-electron chi connectivity index (χ0n) is 21.8. The molecule has 0 aliphatic carbocycles. The highest BCUT2D eigenvalue weighted by atomic mass is 35.5. The van der Waals surface area contributed by atoms with Gasteiger partial charge < -0.3 is 18.9 Å². The molecule has 5 atom stereocenters. The van der Waals surface area contributed by atoms with E-state index in [9.17, 15) is 27.6 Å². The molecule has 0 N–H and O–H groups in total. The quantitative estimate of drug-likeness (QED) is 0.204.